The molecule has 1 amide bonds. The first-order chi connectivity index (χ1) is 13.6. The van der Waals surface area contributed by atoms with Crippen molar-refractivity contribution < 1.29 is 44.7 Å². The number of ether oxygens (including phenoxy) is 1. The molecule has 8 nitrogen and oxygen atoms in total. The lowest BCUT2D eigenvalue weighted by molar-refractivity contribution is -0.308. The molecule has 1 fully saturated rings. The molecule has 0 radical (unpaired) electrons. The molecular weight excluding hydrogens is 414 g/mol. The zero-order valence-electron chi connectivity index (χ0n) is 14.5. The maximum absolute atomic E-state index is 12.6. The second-order valence-electron chi connectivity index (χ2n) is 6.10. The molecule has 0 aliphatic carbocycles. The Morgan fingerprint density at radius 3 is 1.79 bits per heavy atom. The molecule has 160 valence electrons. The van der Waals surface area contributed by atoms with Crippen LogP contribution in [0.3, 0.4) is 0 Å². The summed E-state index contributed by atoms with van der Waals surface area (Å²) >= 11 is 0. The Hall–Kier alpha value is -2.77. The number of hydrogen-bond donors (Lipinski definition) is 0. The molecule has 0 aromatic carbocycles. The monoisotopic (exact) mass is 428 g/mol. The van der Waals surface area contributed by atoms with Crippen LogP contribution in [0, 0.1) is 0 Å². The first kappa shape index (κ1) is 21.0. The molecule has 14 heteroatoms. The Morgan fingerprint density at radius 2 is 1.41 bits per heavy atom. The highest BCUT2D eigenvalue weighted by Crippen LogP contribution is 2.36. The number of piperazine rings is 1. The van der Waals surface area contributed by atoms with Gasteiger partial charge in [0.25, 0.3) is 6.10 Å². The normalized spacial score (nSPS) is 16.6. The molecule has 1 aliphatic rings. The highest BCUT2D eigenvalue weighted by molar-refractivity contribution is 5.68. The van der Waals surface area contributed by atoms with Crippen LogP contribution in [-0.4, -0.2) is 70.5 Å². The van der Waals surface area contributed by atoms with Crippen LogP contribution in [0.2, 0.25) is 0 Å². The summed E-state index contributed by atoms with van der Waals surface area (Å²) in [4.78, 5) is 22.5. The Labute approximate surface area is 159 Å². The molecule has 0 saturated carbocycles. The van der Waals surface area contributed by atoms with E-state index in [0.29, 0.717) is 11.4 Å². The number of nitrogens with zero attached hydrogens (tertiary/aromatic N) is 4. The van der Waals surface area contributed by atoms with Gasteiger partial charge in [0, 0.05) is 26.2 Å². The van der Waals surface area contributed by atoms with Crippen molar-refractivity contribution >= 4 is 6.09 Å². The van der Waals surface area contributed by atoms with E-state index in [4.69, 9.17) is 8.83 Å². The van der Waals surface area contributed by atoms with Crippen LogP contribution in [0.4, 0.5) is 31.1 Å². The number of halogens is 6. The topological polar surface area (TPSA) is 84.8 Å². The fourth-order valence-electron chi connectivity index (χ4n) is 2.90. The van der Waals surface area contributed by atoms with Crippen LogP contribution < -0.4 is 0 Å². The minimum atomic E-state index is -5.76. The van der Waals surface area contributed by atoms with Crippen LogP contribution in [0.25, 0.3) is 0 Å². The van der Waals surface area contributed by atoms with E-state index in [1.165, 1.54) is 25.3 Å². The molecule has 3 heterocycles. The molecule has 0 bridgehead atoms. The van der Waals surface area contributed by atoms with E-state index < -0.39 is 30.6 Å². The van der Waals surface area contributed by atoms with E-state index in [1.807, 2.05) is 0 Å². The van der Waals surface area contributed by atoms with Crippen LogP contribution >= 0.6 is 0 Å². The van der Waals surface area contributed by atoms with Gasteiger partial charge >= 0.3 is 18.4 Å². The van der Waals surface area contributed by atoms with Crippen molar-refractivity contribution in [2.45, 2.75) is 24.5 Å². The molecule has 3 rings (SSSR count). The summed E-state index contributed by atoms with van der Waals surface area (Å²) in [7, 11) is 0. The number of amides is 1. The third-order valence-electron chi connectivity index (χ3n) is 4.21. The predicted molar refractivity (Wildman–Crippen MR) is 80.4 cm³/mol. The van der Waals surface area contributed by atoms with Gasteiger partial charge in [-0.3, -0.25) is 4.90 Å². The molecule has 0 spiro atoms. The second kappa shape index (κ2) is 7.93. The Balaban J connectivity index is 1.66. The van der Waals surface area contributed by atoms with Gasteiger partial charge in [-0.1, -0.05) is 0 Å². The summed E-state index contributed by atoms with van der Waals surface area (Å²) in [5, 5.41) is 0. The lowest BCUT2D eigenvalue weighted by atomic mass is 10.1. The number of rotatable bonds is 4. The largest absolute Gasteiger partial charge is 0.451 e. The van der Waals surface area contributed by atoms with Crippen molar-refractivity contribution in [3.63, 3.8) is 0 Å². The van der Waals surface area contributed by atoms with Gasteiger partial charge in [-0.15, -0.1) is 0 Å². The zero-order chi connectivity index (χ0) is 21.2. The van der Waals surface area contributed by atoms with E-state index in [2.05, 4.69) is 14.7 Å². The van der Waals surface area contributed by atoms with E-state index in [0.717, 1.165) is 4.90 Å². The fraction of sp³-hybridized carbons (Fsp3) is 0.533. The maximum Gasteiger partial charge on any atom is 0.434 e. The first-order valence-electron chi connectivity index (χ1n) is 8.16. The predicted octanol–water partition coefficient (Wildman–Crippen LogP) is 3.00. The van der Waals surface area contributed by atoms with E-state index in [-0.39, 0.29) is 26.2 Å². The molecule has 2 aromatic heterocycles. The molecule has 2 aromatic rings. The van der Waals surface area contributed by atoms with Crippen LogP contribution in [-0.2, 0) is 4.74 Å². The van der Waals surface area contributed by atoms with Crippen LogP contribution in [0.15, 0.2) is 34.1 Å². The smallest absolute Gasteiger partial charge is 0.434 e. The fourth-order valence-corrected chi connectivity index (χ4v) is 2.90. The molecule has 29 heavy (non-hydrogen) atoms. The quantitative estimate of drug-likeness (QED) is 0.693. The average Bonchev–Trinajstić information content (AvgIpc) is 3.33. The highest BCUT2D eigenvalue weighted by Gasteiger charge is 2.60. The van der Waals surface area contributed by atoms with E-state index >= 15 is 0 Å². The summed E-state index contributed by atoms with van der Waals surface area (Å²) in [6.07, 6.45) is -12.3. The molecule has 0 unspecified atom stereocenters. The number of alkyl halides is 6. The Kier molecular flexibility index (Phi) is 5.73. The van der Waals surface area contributed by atoms with Gasteiger partial charge in [-0.2, -0.15) is 26.3 Å². The molecule has 0 N–H and O–H groups in total. The average molecular weight is 428 g/mol. The lowest BCUT2D eigenvalue weighted by Gasteiger charge is -2.38. The van der Waals surface area contributed by atoms with Gasteiger partial charge in [0.05, 0.1) is 0 Å². The minimum absolute atomic E-state index is 0.113. The molecule has 0 atom stereocenters. The molecule has 1 aliphatic heterocycles. The summed E-state index contributed by atoms with van der Waals surface area (Å²) in [6.45, 7) is -0.0919. The van der Waals surface area contributed by atoms with Crippen molar-refractivity contribution in [3.05, 3.63) is 36.7 Å². The summed E-state index contributed by atoms with van der Waals surface area (Å²) < 4.78 is 89.1. The highest BCUT2D eigenvalue weighted by atomic mass is 19.4. The standard InChI is InChI=1S/C15H14F6N4O4/c16-14(17,18)12(15(19,20)21)29-13(26)25-3-1-24(2-4-25)11(9-5-27-7-22-9)10-6-28-8-23-10/h5-8,11-12H,1-4H2. The number of aromatic nitrogens is 2. The number of hydrogen-bond acceptors (Lipinski definition) is 7. The summed E-state index contributed by atoms with van der Waals surface area (Å²) in [5.74, 6) is 0. The first-order valence-corrected chi connectivity index (χ1v) is 8.16. The van der Waals surface area contributed by atoms with Crippen molar-refractivity contribution in [2.24, 2.45) is 0 Å². The van der Waals surface area contributed by atoms with Gasteiger partial charge in [-0.25, -0.2) is 14.8 Å². The lowest BCUT2D eigenvalue weighted by Crippen LogP contribution is -2.53. The van der Waals surface area contributed by atoms with Gasteiger partial charge in [0.1, 0.15) is 30.0 Å². The van der Waals surface area contributed by atoms with Crippen molar-refractivity contribution in [3.8, 4) is 0 Å². The minimum Gasteiger partial charge on any atom is -0.451 e. The Bertz CT molecular complexity index is 737. The van der Waals surface area contributed by atoms with Gasteiger partial charge in [0.2, 0.25) is 0 Å². The SMILES string of the molecule is O=C(OC(C(F)(F)F)C(F)(F)F)N1CCN(C(c2cocn2)c2cocn2)CC1. The maximum atomic E-state index is 12.6. The second-order valence-corrected chi connectivity index (χ2v) is 6.10. The van der Waals surface area contributed by atoms with Crippen LogP contribution in [0.1, 0.15) is 17.4 Å². The molecular formula is C15H14F6N4O4. The third-order valence-corrected chi connectivity index (χ3v) is 4.21. The van der Waals surface area contributed by atoms with Crippen LogP contribution in [0.5, 0.6) is 0 Å². The number of carbonyl (C=O) groups excluding carboxylic acids is 1. The third kappa shape index (κ3) is 4.81. The van der Waals surface area contributed by atoms with E-state index in [9.17, 15) is 31.1 Å². The van der Waals surface area contributed by atoms with Crippen molar-refractivity contribution in [1.29, 1.82) is 0 Å². The summed E-state index contributed by atoms with van der Waals surface area (Å²) in [6, 6.07) is -0.524. The number of oxazole rings is 2. The van der Waals surface area contributed by atoms with Gasteiger partial charge in [-0.05, 0) is 0 Å². The summed E-state index contributed by atoms with van der Waals surface area (Å²) in [5.41, 5.74) is 0.952. The zero-order valence-corrected chi connectivity index (χ0v) is 14.5. The van der Waals surface area contributed by atoms with Crippen molar-refractivity contribution in [1.82, 2.24) is 19.8 Å². The van der Waals surface area contributed by atoms with Crippen molar-refractivity contribution in [2.75, 3.05) is 26.2 Å². The number of carbonyl (C=O) groups is 1. The van der Waals surface area contributed by atoms with E-state index in [1.54, 1.807) is 4.90 Å². The van der Waals surface area contributed by atoms with Gasteiger partial charge in [0.15, 0.2) is 12.8 Å². The van der Waals surface area contributed by atoms with Gasteiger partial charge < -0.3 is 18.5 Å². The molecule has 1 saturated heterocycles. The Morgan fingerprint density at radius 1 is 0.931 bits per heavy atom.